The van der Waals surface area contributed by atoms with Crippen molar-refractivity contribution in [1.82, 2.24) is 4.98 Å². The first-order chi connectivity index (χ1) is 8.60. The van der Waals surface area contributed by atoms with E-state index in [1.54, 1.807) is 6.07 Å². The number of aromatic nitrogens is 1. The molecule has 0 radical (unpaired) electrons. The number of nitrogen functional groups attached to an aromatic ring is 1. The minimum atomic E-state index is 0.227. The van der Waals surface area contributed by atoms with Gasteiger partial charge in [-0.25, -0.2) is 10.8 Å². The number of unbranched alkanes of at least 4 members (excludes halogenated alkanes) is 2. The molecule has 1 aromatic heterocycles. The smallest absolute Gasteiger partial charge is 0.161 e. The lowest BCUT2D eigenvalue weighted by Gasteiger charge is -2.20. The van der Waals surface area contributed by atoms with E-state index in [4.69, 9.17) is 34.2 Å². The van der Waals surface area contributed by atoms with Gasteiger partial charge in [0, 0.05) is 20.2 Å². The zero-order valence-corrected chi connectivity index (χ0v) is 11.8. The van der Waals surface area contributed by atoms with Gasteiger partial charge in [-0.1, -0.05) is 23.2 Å². The van der Waals surface area contributed by atoms with E-state index in [1.165, 1.54) is 0 Å². The molecule has 0 saturated heterocycles. The van der Waals surface area contributed by atoms with Crippen LogP contribution in [-0.4, -0.2) is 30.3 Å². The molecule has 1 heterocycles. The summed E-state index contributed by atoms with van der Waals surface area (Å²) in [5, 5.41) is 9.59. The lowest BCUT2D eigenvalue weighted by Crippen LogP contribution is -2.21. The van der Waals surface area contributed by atoms with Crippen molar-refractivity contribution >= 4 is 34.8 Å². The Morgan fingerprint density at radius 3 is 2.67 bits per heavy atom. The normalized spacial score (nSPS) is 10.5. The third-order valence-electron chi connectivity index (χ3n) is 2.56. The van der Waals surface area contributed by atoms with Crippen LogP contribution in [0.3, 0.4) is 0 Å². The highest BCUT2D eigenvalue weighted by Crippen LogP contribution is 2.30. The van der Waals surface area contributed by atoms with Crippen LogP contribution in [0, 0.1) is 0 Å². The molecule has 0 fully saturated rings. The maximum Gasteiger partial charge on any atom is 0.161 e. The van der Waals surface area contributed by atoms with E-state index in [9.17, 15) is 0 Å². The summed E-state index contributed by atoms with van der Waals surface area (Å²) in [6.45, 7) is 1.03. The van der Waals surface area contributed by atoms with Gasteiger partial charge in [0.25, 0.3) is 0 Å². The molecule has 18 heavy (non-hydrogen) atoms. The largest absolute Gasteiger partial charge is 0.396 e. The van der Waals surface area contributed by atoms with Crippen molar-refractivity contribution in [3.63, 3.8) is 0 Å². The van der Waals surface area contributed by atoms with Crippen molar-refractivity contribution in [1.29, 1.82) is 0 Å². The van der Waals surface area contributed by atoms with Crippen molar-refractivity contribution < 1.29 is 5.11 Å². The van der Waals surface area contributed by atoms with E-state index >= 15 is 0 Å². The monoisotopic (exact) mass is 292 g/mol. The van der Waals surface area contributed by atoms with Gasteiger partial charge in [-0.2, -0.15) is 0 Å². The highest BCUT2D eigenvalue weighted by Gasteiger charge is 2.12. The molecule has 102 valence electrons. The molecular weight excluding hydrogens is 275 g/mol. The van der Waals surface area contributed by atoms with E-state index in [0.717, 1.165) is 25.8 Å². The maximum absolute atomic E-state index is 8.71. The minimum absolute atomic E-state index is 0.227. The molecule has 0 aromatic carbocycles. The summed E-state index contributed by atoms with van der Waals surface area (Å²) in [5.41, 5.74) is 2.43. The molecule has 0 aliphatic heterocycles. The number of nitrogens with two attached hydrogens (primary N) is 1. The lowest BCUT2D eigenvalue weighted by atomic mass is 10.2. The van der Waals surface area contributed by atoms with Crippen molar-refractivity contribution in [3.05, 3.63) is 16.1 Å². The zero-order chi connectivity index (χ0) is 13.5. The second kappa shape index (κ2) is 7.63. The molecule has 7 heteroatoms. The molecule has 0 aliphatic carbocycles. The summed E-state index contributed by atoms with van der Waals surface area (Å²) in [5.74, 6) is 6.36. The SMILES string of the molecule is CN(CCCCCO)c1nc(NN)c(Cl)cc1Cl. The van der Waals surface area contributed by atoms with Gasteiger partial charge in [0.1, 0.15) is 5.82 Å². The fourth-order valence-corrected chi connectivity index (χ4v) is 2.13. The third-order valence-corrected chi connectivity index (χ3v) is 3.13. The van der Waals surface area contributed by atoms with Gasteiger partial charge in [-0.3, -0.25) is 0 Å². The van der Waals surface area contributed by atoms with E-state index in [2.05, 4.69) is 10.4 Å². The summed E-state index contributed by atoms with van der Waals surface area (Å²) in [4.78, 5) is 6.21. The molecule has 0 aliphatic rings. The van der Waals surface area contributed by atoms with Crippen LogP contribution >= 0.6 is 23.2 Å². The number of hydrogen-bond acceptors (Lipinski definition) is 5. The first-order valence-corrected chi connectivity index (χ1v) is 6.50. The van der Waals surface area contributed by atoms with Crippen molar-refractivity contribution in [2.24, 2.45) is 5.84 Å². The molecule has 0 amide bonds. The molecule has 5 nitrogen and oxygen atoms in total. The van der Waals surface area contributed by atoms with Crippen molar-refractivity contribution in [2.45, 2.75) is 19.3 Å². The Hall–Kier alpha value is -0.750. The summed E-state index contributed by atoms with van der Waals surface area (Å²) in [7, 11) is 1.90. The summed E-state index contributed by atoms with van der Waals surface area (Å²) >= 11 is 12.0. The summed E-state index contributed by atoms with van der Waals surface area (Å²) < 4.78 is 0. The fraction of sp³-hybridized carbons (Fsp3) is 0.545. The zero-order valence-electron chi connectivity index (χ0n) is 10.3. The minimum Gasteiger partial charge on any atom is -0.396 e. The van der Waals surface area contributed by atoms with E-state index in [-0.39, 0.29) is 6.61 Å². The van der Waals surface area contributed by atoms with Crippen molar-refractivity contribution in [2.75, 3.05) is 30.5 Å². The first-order valence-electron chi connectivity index (χ1n) is 5.74. The summed E-state index contributed by atoms with van der Waals surface area (Å²) in [6.07, 6.45) is 2.74. The van der Waals surface area contributed by atoms with E-state index < -0.39 is 0 Å². The molecule has 1 aromatic rings. The van der Waals surface area contributed by atoms with Gasteiger partial charge in [0.05, 0.1) is 10.0 Å². The van der Waals surface area contributed by atoms with Crippen molar-refractivity contribution in [3.8, 4) is 0 Å². The molecule has 0 atom stereocenters. The second-order valence-corrected chi connectivity index (χ2v) is 4.79. The summed E-state index contributed by atoms with van der Waals surface area (Å²) in [6, 6.07) is 1.62. The molecule has 4 N–H and O–H groups in total. The highest BCUT2D eigenvalue weighted by molar-refractivity contribution is 6.37. The Morgan fingerprint density at radius 1 is 1.33 bits per heavy atom. The van der Waals surface area contributed by atoms with Crippen LogP contribution in [0.15, 0.2) is 6.07 Å². The Balaban J connectivity index is 2.69. The van der Waals surface area contributed by atoms with Gasteiger partial charge in [0.2, 0.25) is 0 Å². The van der Waals surface area contributed by atoms with Gasteiger partial charge in [0.15, 0.2) is 5.82 Å². The van der Waals surface area contributed by atoms with Crippen LogP contribution in [-0.2, 0) is 0 Å². The molecule has 0 unspecified atom stereocenters. The average molecular weight is 293 g/mol. The van der Waals surface area contributed by atoms with Crippen LogP contribution in [0.1, 0.15) is 19.3 Å². The number of halogens is 2. The highest BCUT2D eigenvalue weighted by atomic mass is 35.5. The third kappa shape index (κ3) is 4.17. The molecule has 0 saturated carbocycles. The Morgan fingerprint density at radius 2 is 2.06 bits per heavy atom. The predicted molar refractivity (Wildman–Crippen MR) is 76.3 cm³/mol. The van der Waals surface area contributed by atoms with Crippen LogP contribution in [0.2, 0.25) is 10.0 Å². The Bertz CT molecular complexity index is 390. The van der Waals surface area contributed by atoms with Gasteiger partial charge >= 0.3 is 0 Å². The molecule has 1 rings (SSSR count). The standard InChI is InChI=1S/C11H18Cl2N4O/c1-17(5-3-2-4-6-18)11-9(13)7-8(12)10(15-11)16-14/h7,18H,2-6,14H2,1H3,(H,15,16). The quantitative estimate of drug-likeness (QED) is 0.408. The topological polar surface area (TPSA) is 74.4 Å². The average Bonchev–Trinajstić information content (AvgIpc) is 2.34. The van der Waals surface area contributed by atoms with Gasteiger partial charge < -0.3 is 15.4 Å². The number of anilines is 2. The maximum atomic E-state index is 8.71. The number of hydrazine groups is 1. The number of aliphatic hydroxyl groups excluding tert-OH is 1. The number of nitrogens with zero attached hydrogens (tertiary/aromatic N) is 2. The van der Waals surface area contributed by atoms with E-state index in [0.29, 0.717) is 21.7 Å². The van der Waals surface area contributed by atoms with Crippen LogP contribution in [0.4, 0.5) is 11.6 Å². The number of aliphatic hydroxyl groups is 1. The van der Waals surface area contributed by atoms with Crippen LogP contribution < -0.4 is 16.2 Å². The lowest BCUT2D eigenvalue weighted by molar-refractivity contribution is 0.283. The number of pyridine rings is 1. The molecule has 0 spiro atoms. The van der Waals surface area contributed by atoms with E-state index in [1.807, 2.05) is 11.9 Å². The van der Waals surface area contributed by atoms with Gasteiger partial charge in [-0.15, -0.1) is 0 Å². The fourth-order valence-electron chi connectivity index (χ4n) is 1.57. The van der Waals surface area contributed by atoms with Crippen LogP contribution in [0.5, 0.6) is 0 Å². The predicted octanol–water partition coefficient (Wildman–Crippen LogP) is 2.27. The van der Waals surface area contributed by atoms with Gasteiger partial charge in [-0.05, 0) is 25.3 Å². The molecule has 0 bridgehead atoms. The number of rotatable bonds is 7. The first kappa shape index (κ1) is 15.3. The number of nitrogens with one attached hydrogen (secondary N) is 1. The van der Waals surface area contributed by atoms with Crippen LogP contribution in [0.25, 0.3) is 0 Å². The Kier molecular flexibility index (Phi) is 6.49. The Labute approximate surface area is 117 Å². The molecular formula is C11H18Cl2N4O. The second-order valence-electron chi connectivity index (χ2n) is 3.97. The number of hydrogen-bond donors (Lipinski definition) is 3.